The molecular formula is C9H14N2O2. The summed E-state index contributed by atoms with van der Waals surface area (Å²) in [6, 6.07) is 3.99. The van der Waals surface area contributed by atoms with Crippen LogP contribution in [0, 0.1) is 22.7 Å². The smallest absolute Gasteiger partial charge is 0.0645 e. The molecule has 0 atom stereocenters. The Morgan fingerprint density at radius 2 is 1.23 bits per heavy atom. The van der Waals surface area contributed by atoms with E-state index in [0.717, 1.165) is 6.42 Å². The van der Waals surface area contributed by atoms with Crippen LogP contribution in [0.4, 0.5) is 0 Å². The summed E-state index contributed by atoms with van der Waals surface area (Å²) in [4.78, 5) is 0. The Bertz CT molecular complexity index is 161. The first-order chi connectivity index (χ1) is 6.41. The van der Waals surface area contributed by atoms with Gasteiger partial charge in [0, 0.05) is 13.2 Å². The maximum atomic E-state index is 8.18. The highest BCUT2D eigenvalue weighted by Gasteiger charge is 1.89. The number of nitrogens with zero attached hydrogens (tertiary/aromatic N) is 2. The average Bonchev–Trinajstić information content (AvgIpc) is 2.16. The van der Waals surface area contributed by atoms with Crippen LogP contribution in [0.3, 0.4) is 0 Å². The van der Waals surface area contributed by atoms with E-state index in [9.17, 15) is 0 Å². The molecule has 0 radical (unpaired) electrons. The van der Waals surface area contributed by atoms with Crippen molar-refractivity contribution in [1.82, 2.24) is 0 Å². The van der Waals surface area contributed by atoms with Gasteiger partial charge in [-0.2, -0.15) is 10.5 Å². The Morgan fingerprint density at radius 1 is 0.769 bits per heavy atom. The van der Waals surface area contributed by atoms with E-state index in [1.54, 1.807) is 0 Å². The zero-order valence-corrected chi connectivity index (χ0v) is 7.66. The lowest BCUT2D eigenvalue weighted by atomic mass is 10.4. The van der Waals surface area contributed by atoms with Crippen LogP contribution in [-0.4, -0.2) is 26.4 Å². The second-order valence-corrected chi connectivity index (χ2v) is 2.39. The van der Waals surface area contributed by atoms with Gasteiger partial charge in [-0.05, 0) is 6.42 Å². The molecule has 0 aromatic rings. The first-order valence-corrected chi connectivity index (χ1v) is 4.31. The predicted molar refractivity (Wildman–Crippen MR) is 46.7 cm³/mol. The van der Waals surface area contributed by atoms with Gasteiger partial charge in [0.25, 0.3) is 0 Å². The van der Waals surface area contributed by atoms with Crippen molar-refractivity contribution in [1.29, 1.82) is 10.5 Å². The number of nitriles is 2. The average molecular weight is 182 g/mol. The van der Waals surface area contributed by atoms with Gasteiger partial charge in [0.15, 0.2) is 0 Å². The van der Waals surface area contributed by atoms with E-state index in [2.05, 4.69) is 0 Å². The highest BCUT2D eigenvalue weighted by molar-refractivity contribution is 4.67. The lowest BCUT2D eigenvalue weighted by Crippen LogP contribution is -2.02. The topological polar surface area (TPSA) is 66.0 Å². The standard InChI is InChI=1S/C9H14N2O2/c10-4-1-6-12-8-3-9-13-7-2-5-11/h1-3,6-9H2. The molecule has 0 aromatic carbocycles. The van der Waals surface area contributed by atoms with Crippen molar-refractivity contribution in [2.75, 3.05) is 26.4 Å². The highest BCUT2D eigenvalue weighted by atomic mass is 16.5. The van der Waals surface area contributed by atoms with Crippen molar-refractivity contribution < 1.29 is 9.47 Å². The minimum atomic E-state index is 0.440. The van der Waals surface area contributed by atoms with Gasteiger partial charge in [-0.15, -0.1) is 0 Å². The van der Waals surface area contributed by atoms with E-state index in [0.29, 0.717) is 39.3 Å². The molecule has 0 aliphatic heterocycles. The highest BCUT2D eigenvalue weighted by Crippen LogP contribution is 1.88. The number of hydrogen-bond donors (Lipinski definition) is 0. The van der Waals surface area contributed by atoms with Gasteiger partial charge in [0.1, 0.15) is 0 Å². The van der Waals surface area contributed by atoms with Gasteiger partial charge >= 0.3 is 0 Å². The monoisotopic (exact) mass is 182 g/mol. The molecule has 0 fully saturated rings. The summed E-state index contributed by atoms with van der Waals surface area (Å²) >= 11 is 0. The van der Waals surface area contributed by atoms with Gasteiger partial charge in [-0.1, -0.05) is 0 Å². The second-order valence-electron chi connectivity index (χ2n) is 2.39. The Morgan fingerprint density at radius 3 is 1.62 bits per heavy atom. The molecule has 0 N–H and O–H groups in total. The summed E-state index contributed by atoms with van der Waals surface area (Å²) in [6.07, 6.45) is 1.70. The fraction of sp³-hybridized carbons (Fsp3) is 0.778. The summed E-state index contributed by atoms with van der Waals surface area (Å²) in [5.74, 6) is 0. The Kier molecular flexibility index (Phi) is 9.98. The van der Waals surface area contributed by atoms with E-state index in [-0.39, 0.29) is 0 Å². The third-order valence-corrected chi connectivity index (χ3v) is 1.29. The van der Waals surface area contributed by atoms with Crippen molar-refractivity contribution in [2.45, 2.75) is 19.3 Å². The molecule has 0 saturated heterocycles. The fourth-order valence-electron chi connectivity index (χ4n) is 0.703. The van der Waals surface area contributed by atoms with Crippen molar-refractivity contribution >= 4 is 0 Å². The number of rotatable bonds is 8. The summed E-state index contributed by atoms with van der Waals surface area (Å²) in [5, 5.41) is 16.4. The van der Waals surface area contributed by atoms with Gasteiger partial charge in [-0.3, -0.25) is 0 Å². The molecule has 13 heavy (non-hydrogen) atoms. The van der Waals surface area contributed by atoms with Crippen LogP contribution in [0.5, 0.6) is 0 Å². The van der Waals surface area contributed by atoms with Crippen LogP contribution in [-0.2, 0) is 9.47 Å². The molecule has 0 rings (SSSR count). The Balaban J connectivity index is 2.85. The molecule has 4 nitrogen and oxygen atoms in total. The van der Waals surface area contributed by atoms with E-state index in [1.807, 2.05) is 12.1 Å². The minimum absolute atomic E-state index is 0.440. The van der Waals surface area contributed by atoms with Gasteiger partial charge in [0.2, 0.25) is 0 Å². The molecular weight excluding hydrogens is 168 g/mol. The molecule has 0 saturated carbocycles. The van der Waals surface area contributed by atoms with Crippen molar-refractivity contribution in [3.05, 3.63) is 0 Å². The zero-order chi connectivity index (χ0) is 9.78. The second kappa shape index (κ2) is 10.9. The molecule has 0 amide bonds. The Labute approximate surface area is 78.7 Å². The van der Waals surface area contributed by atoms with Crippen molar-refractivity contribution in [3.8, 4) is 12.1 Å². The quantitative estimate of drug-likeness (QED) is 0.529. The fourth-order valence-corrected chi connectivity index (χ4v) is 0.703. The summed E-state index contributed by atoms with van der Waals surface area (Å²) < 4.78 is 10.2. The molecule has 0 heterocycles. The lowest BCUT2D eigenvalue weighted by Gasteiger charge is -2.01. The molecule has 0 aliphatic rings. The van der Waals surface area contributed by atoms with Crippen LogP contribution in [0.15, 0.2) is 0 Å². The number of ether oxygens (including phenoxy) is 2. The van der Waals surface area contributed by atoms with E-state index in [4.69, 9.17) is 20.0 Å². The normalized spacial score (nSPS) is 9.08. The third kappa shape index (κ3) is 10.9. The maximum Gasteiger partial charge on any atom is 0.0645 e. The SMILES string of the molecule is N#CCCOCCCOCCC#N. The molecule has 0 bridgehead atoms. The van der Waals surface area contributed by atoms with Crippen LogP contribution in [0.25, 0.3) is 0 Å². The lowest BCUT2D eigenvalue weighted by molar-refractivity contribution is 0.0873. The van der Waals surface area contributed by atoms with Crippen molar-refractivity contribution in [3.63, 3.8) is 0 Å². The van der Waals surface area contributed by atoms with E-state index in [1.165, 1.54) is 0 Å². The van der Waals surface area contributed by atoms with E-state index < -0.39 is 0 Å². The minimum Gasteiger partial charge on any atom is -0.380 e. The molecule has 0 aliphatic carbocycles. The summed E-state index contributed by atoms with van der Waals surface area (Å²) in [6.45, 7) is 2.23. The van der Waals surface area contributed by atoms with Crippen molar-refractivity contribution in [2.24, 2.45) is 0 Å². The molecule has 72 valence electrons. The predicted octanol–water partition coefficient (Wildman–Crippen LogP) is 1.24. The van der Waals surface area contributed by atoms with Crippen LogP contribution < -0.4 is 0 Å². The van der Waals surface area contributed by atoms with Crippen LogP contribution in [0.2, 0.25) is 0 Å². The molecule has 4 heteroatoms. The van der Waals surface area contributed by atoms with Gasteiger partial charge < -0.3 is 9.47 Å². The van der Waals surface area contributed by atoms with Gasteiger partial charge in [0.05, 0.1) is 38.2 Å². The maximum absolute atomic E-state index is 8.18. The Hall–Kier alpha value is -1.10. The molecule has 0 spiro atoms. The van der Waals surface area contributed by atoms with Crippen LogP contribution >= 0.6 is 0 Å². The largest absolute Gasteiger partial charge is 0.380 e. The number of hydrogen-bond acceptors (Lipinski definition) is 4. The summed E-state index contributed by atoms with van der Waals surface area (Å²) in [5.41, 5.74) is 0. The molecule has 0 unspecified atom stereocenters. The summed E-state index contributed by atoms with van der Waals surface area (Å²) in [7, 11) is 0. The first kappa shape index (κ1) is 11.9. The van der Waals surface area contributed by atoms with E-state index >= 15 is 0 Å². The first-order valence-electron chi connectivity index (χ1n) is 4.31. The third-order valence-electron chi connectivity index (χ3n) is 1.29. The zero-order valence-electron chi connectivity index (χ0n) is 7.66. The van der Waals surface area contributed by atoms with Gasteiger partial charge in [-0.25, -0.2) is 0 Å². The van der Waals surface area contributed by atoms with Crippen LogP contribution in [0.1, 0.15) is 19.3 Å². The molecule has 0 aromatic heterocycles.